The molecule has 5 nitrogen and oxygen atoms in total. The standard InChI is InChI=1S/C28H40O5Si/c1-27(2,3)34(23-13-9-7-10-14-23,24-15-11-8-12-16-24)32-20-22-19-26(31-21-30-6)28(4,5)25(33-22)17-18-29/h7-16,18,22,25-26H,17,19-21H2,1-6H3/t22-,25+,26+/m0/s1. The molecule has 0 bridgehead atoms. The quantitative estimate of drug-likeness (QED) is 0.286. The summed E-state index contributed by atoms with van der Waals surface area (Å²) in [6.07, 6.45) is 1.43. The van der Waals surface area contributed by atoms with Crippen molar-refractivity contribution in [2.75, 3.05) is 20.5 Å². The fraction of sp³-hybridized carbons (Fsp3) is 0.536. The maximum Gasteiger partial charge on any atom is 0.261 e. The van der Waals surface area contributed by atoms with E-state index in [1.165, 1.54) is 10.4 Å². The van der Waals surface area contributed by atoms with Crippen molar-refractivity contribution < 1.29 is 23.4 Å². The van der Waals surface area contributed by atoms with Gasteiger partial charge in [-0.3, -0.25) is 0 Å². The van der Waals surface area contributed by atoms with Gasteiger partial charge in [0.25, 0.3) is 8.32 Å². The van der Waals surface area contributed by atoms with Gasteiger partial charge >= 0.3 is 0 Å². The minimum Gasteiger partial charge on any atom is -0.405 e. The predicted molar refractivity (Wildman–Crippen MR) is 138 cm³/mol. The van der Waals surface area contributed by atoms with E-state index < -0.39 is 8.32 Å². The summed E-state index contributed by atoms with van der Waals surface area (Å²) >= 11 is 0. The lowest BCUT2D eigenvalue weighted by atomic mass is 9.75. The third-order valence-electron chi connectivity index (χ3n) is 7.09. The van der Waals surface area contributed by atoms with E-state index in [1.807, 2.05) is 12.1 Å². The molecular formula is C28H40O5Si. The van der Waals surface area contributed by atoms with Crippen LogP contribution in [0.4, 0.5) is 0 Å². The number of hydrogen-bond acceptors (Lipinski definition) is 5. The van der Waals surface area contributed by atoms with Crippen molar-refractivity contribution in [2.45, 2.75) is 70.8 Å². The summed E-state index contributed by atoms with van der Waals surface area (Å²) < 4.78 is 24.8. The number of aldehydes is 1. The minimum absolute atomic E-state index is 0.0982. The van der Waals surface area contributed by atoms with Crippen LogP contribution < -0.4 is 10.4 Å². The van der Waals surface area contributed by atoms with Crippen LogP contribution in [-0.2, 0) is 23.4 Å². The highest BCUT2D eigenvalue weighted by Gasteiger charge is 2.52. The molecule has 0 aliphatic carbocycles. The monoisotopic (exact) mass is 484 g/mol. The molecule has 1 aliphatic heterocycles. The Balaban J connectivity index is 1.95. The van der Waals surface area contributed by atoms with Crippen LogP contribution in [0.25, 0.3) is 0 Å². The Kier molecular flexibility index (Phi) is 8.87. The Labute approximate surface area is 205 Å². The first-order valence-corrected chi connectivity index (χ1v) is 14.0. The van der Waals surface area contributed by atoms with Crippen LogP contribution in [0, 0.1) is 5.41 Å². The van der Waals surface area contributed by atoms with Crippen LogP contribution in [-0.4, -0.2) is 53.4 Å². The summed E-state index contributed by atoms with van der Waals surface area (Å²) in [5.41, 5.74) is -0.312. The van der Waals surface area contributed by atoms with Gasteiger partial charge in [-0.15, -0.1) is 0 Å². The maximum absolute atomic E-state index is 11.4. The summed E-state index contributed by atoms with van der Waals surface area (Å²) in [7, 11) is -1.05. The van der Waals surface area contributed by atoms with Crippen LogP contribution in [0.1, 0.15) is 47.5 Å². The van der Waals surface area contributed by atoms with Crippen LogP contribution in [0.2, 0.25) is 5.04 Å². The normalized spacial score (nSPS) is 22.9. The van der Waals surface area contributed by atoms with E-state index in [2.05, 4.69) is 83.1 Å². The molecular weight excluding hydrogens is 444 g/mol. The number of rotatable bonds is 10. The highest BCUT2D eigenvalue weighted by molar-refractivity contribution is 6.99. The number of carbonyl (C=O) groups is 1. The second-order valence-corrected chi connectivity index (χ2v) is 15.0. The number of hydrogen-bond donors (Lipinski definition) is 0. The molecule has 0 aromatic heterocycles. The number of ether oxygens (including phenoxy) is 3. The van der Waals surface area contributed by atoms with E-state index in [9.17, 15) is 4.79 Å². The Morgan fingerprint density at radius 3 is 2.06 bits per heavy atom. The van der Waals surface area contributed by atoms with Gasteiger partial charge in [0.1, 0.15) is 13.1 Å². The largest absolute Gasteiger partial charge is 0.405 e. The molecule has 0 radical (unpaired) electrons. The molecule has 1 heterocycles. The molecule has 1 saturated heterocycles. The van der Waals surface area contributed by atoms with E-state index in [0.717, 1.165) is 6.29 Å². The molecule has 186 valence electrons. The Hall–Kier alpha value is -1.83. The molecule has 0 unspecified atom stereocenters. The van der Waals surface area contributed by atoms with E-state index >= 15 is 0 Å². The average molecular weight is 485 g/mol. The maximum atomic E-state index is 11.4. The van der Waals surface area contributed by atoms with Crippen molar-refractivity contribution in [3.8, 4) is 0 Å². The lowest BCUT2D eigenvalue weighted by Crippen LogP contribution is -2.67. The third kappa shape index (κ3) is 5.52. The first-order valence-electron chi connectivity index (χ1n) is 12.1. The van der Waals surface area contributed by atoms with Crippen molar-refractivity contribution in [3.63, 3.8) is 0 Å². The number of benzene rings is 2. The van der Waals surface area contributed by atoms with Crippen LogP contribution in [0.5, 0.6) is 0 Å². The first kappa shape index (κ1) is 26.8. The summed E-state index contributed by atoms with van der Waals surface area (Å²) in [6.45, 7) is 11.6. The van der Waals surface area contributed by atoms with Gasteiger partial charge in [0.2, 0.25) is 0 Å². The molecule has 2 aromatic rings. The van der Waals surface area contributed by atoms with Gasteiger partial charge < -0.3 is 23.4 Å². The van der Waals surface area contributed by atoms with Crippen molar-refractivity contribution >= 4 is 25.0 Å². The van der Waals surface area contributed by atoms with Gasteiger partial charge in [-0.05, 0) is 15.4 Å². The van der Waals surface area contributed by atoms with Gasteiger partial charge in [-0.2, -0.15) is 0 Å². The van der Waals surface area contributed by atoms with E-state index in [-0.39, 0.29) is 35.6 Å². The van der Waals surface area contributed by atoms with E-state index in [0.29, 0.717) is 19.4 Å². The first-order chi connectivity index (χ1) is 16.2. The van der Waals surface area contributed by atoms with Gasteiger partial charge in [0.15, 0.2) is 0 Å². The number of carbonyl (C=O) groups excluding carboxylic acids is 1. The highest BCUT2D eigenvalue weighted by Crippen LogP contribution is 2.41. The Morgan fingerprint density at radius 2 is 1.59 bits per heavy atom. The topological polar surface area (TPSA) is 54.0 Å². The van der Waals surface area contributed by atoms with Gasteiger partial charge in [0, 0.05) is 25.4 Å². The van der Waals surface area contributed by atoms with Crippen molar-refractivity contribution in [1.82, 2.24) is 0 Å². The molecule has 2 aromatic carbocycles. The lowest BCUT2D eigenvalue weighted by Gasteiger charge is -2.48. The fourth-order valence-corrected chi connectivity index (χ4v) is 9.77. The van der Waals surface area contributed by atoms with E-state index in [4.69, 9.17) is 18.6 Å². The average Bonchev–Trinajstić information content (AvgIpc) is 2.81. The zero-order chi connectivity index (χ0) is 24.8. The lowest BCUT2D eigenvalue weighted by molar-refractivity contribution is -0.216. The molecule has 6 heteroatoms. The molecule has 3 atom stereocenters. The van der Waals surface area contributed by atoms with Crippen LogP contribution in [0.3, 0.4) is 0 Å². The van der Waals surface area contributed by atoms with Crippen molar-refractivity contribution in [1.29, 1.82) is 0 Å². The van der Waals surface area contributed by atoms with Crippen molar-refractivity contribution in [2.24, 2.45) is 5.41 Å². The zero-order valence-electron chi connectivity index (χ0n) is 21.5. The summed E-state index contributed by atoms with van der Waals surface area (Å²) in [5, 5.41) is 2.36. The third-order valence-corrected chi connectivity index (χ3v) is 12.1. The Morgan fingerprint density at radius 1 is 1.03 bits per heavy atom. The summed E-state index contributed by atoms with van der Waals surface area (Å²) in [4.78, 5) is 11.4. The zero-order valence-corrected chi connectivity index (χ0v) is 22.5. The molecule has 0 amide bonds. The smallest absolute Gasteiger partial charge is 0.261 e. The predicted octanol–water partition coefficient (Wildman–Crippen LogP) is 4.32. The van der Waals surface area contributed by atoms with Crippen LogP contribution in [0.15, 0.2) is 60.7 Å². The van der Waals surface area contributed by atoms with Crippen molar-refractivity contribution in [3.05, 3.63) is 60.7 Å². The fourth-order valence-electron chi connectivity index (χ4n) is 5.18. The summed E-state index contributed by atoms with van der Waals surface area (Å²) in [5.74, 6) is 0. The molecule has 3 rings (SSSR count). The second kappa shape index (κ2) is 11.3. The second-order valence-electron chi connectivity index (χ2n) is 10.7. The number of methoxy groups -OCH3 is 1. The SMILES string of the molecule is COCO[C@@H]1C[C@@H](CO[Si](c2ccccc2)(c2ccccc2)C(C)(C)C)O[C@H](CC=O)C1(C)C. The Bertz CT molecular complexity index is 855. The molecule has 34 heavy (non-hydrogen) atoms. The van der Waals surface area contributed by atoms with Gasteiger partial charge in [0.05, 0.1) is 24.9 Å². The molecule has 0 spiro atoms. The van der Waals surface area contributed by atoms with Gasteiger partial charge in [-0.25, -0.2) is 0 Å². The summed E-state index contributed by atoms with van der Waals surface area (Å²) in [6, 6.07) is 21.2. The van der Waals surface area contributed by atoms with Gasteiger partial charge in [-0.1, -0.05) is 95.3 Å². The van der Waals surface area contributed by atoms with Crippen LogP contribution >= 0.6 is 0 Å². The molecule has 0 saturated carbocycles. The molecule has 0 N–H and O–H groups in total. The molecule has 1 aliphatic rings. The molecule has 1 fully saturated rings. The minimum atomic E-state index is -2.67. The highest BCUT2D eigenvalue weighted by atomic mass is 28.4. The van der Waals surface area contributed by atoms with E-state index in [1.54, 1.807) is 7.11 Å².